The molecule has 10 heteroatoms. The molecule has 2 aliphatic rings. The van der Waals surface area contributed by atoms with E-state index in [4.69, 9.17) is 4.52 Å². The number of rotatable bonds is 8. The first-order chi connectivity index (χ1) is 15.7. The normalized spacial score (nSPS) is 21.2. The summed E-state index contributed by atoms with van der Waals surface area (Å²) in [7, 11) is 0. The average molecular weight is 469 g/mol. The maximum Gasteiger partial charge on any atom is 0.419 e. The van der Waals surface area contributed by atoms with Crippen LogP contribution in [0.1, 0.15) is 66.6 Å². The number of amides is 1. The van der Waals surface area contributed by atoms with Crippen LogP contribution in [-0.2, 0) is 12.7 Å². The summed E-state index contributed by atoms with van der Waals surface area (Å²) >= 11 is 0. The van der Waals surface area contributed by atoms with Gasteiger partial charge in [-0.1, -0.05) is 24.1 Å². The molecular formula is C23H27F4N3O3. The van der Waals surface area contributed by atoms with E-state index in [9.17, 15) is 27.5 Å². The highest BCUT2D eigenvalue weighted by molar-refractivity contribution is 5.95. The summed E-state index contributed by atoms with van der Waals surface area (Å²) < 4.78 is 58.3. The fourth-order valence-corrected chi connectivity index (χ4v) is 4.24. The van der Waals surface area contributed by atoms with Gasteiger partial charge in [0.15, 0.2) is 11.5 Å². The van der Waals surface area contributed by atoms with Gasteiger partial charge in [0.05, 0.1) is 11.7 Å². The minimum atomic E-state index is -4.81. The van der Waals surface area contributed by atoms with Gasteiger partial charge in [-0.15, -0.1) is 0 Å². The second-order valence-electron chi connectivity index (χ2n) is 8.93. The number of aliphatic hydroxyl groups is 1. The van der Waals surface area contributed by atoms with Crippen LogP contribution in [0.5, 0.6) is 0 Å². The summed E-state index contributed by atoms with van der Waals surface area (Å²) in [5.74, 6) is -1.17. The van der Waals surface area contributed by atoms with Gasteiger partial charge in [0.1, 0.15) is 5.82 Å². The second-order valence-corrected chi connectivity index (χ2v) is 8.93. The number of benzene rings is 1. The standard InChI is InChI=1S/C23H27F4N3O3/c24-19-10-14(6-7-18(19)23(25,26)27)21-17(12-28-9-8-13-4-5-13)20(30-33-21)22(32)29-15-2-1-3-16(31)11-15/h6-7,10,13,15-16,28,31H,1-5,8-9,11-12H2,(H,29,32)/t15-,16+/m0/s1. The molecular weight excluding hydrogens is 442 g/mol. The molecule has 2 fully saturated rings. The van der Waals surface area contributed by atoms with Gasteiger partial charge in [0.2, 0.25) is 0 Å². The zero-order chi connectivity index (χ0) is 23.6. The Bertz CT molecular complexity index is 988. The molecule has 1 amide bonds. The van der Waals surface area contributed by atoms with E-state index in [0.717, 1.165) is 31.4 Å². The predicted octanol–water partition coefficient (Wildman–Crippen LogP) is 4.42. The number of carbonyl (C=O) groups excluding carboxylic acids is 1. The molecule has 3 N–H and O–H groups in total. The van der Waals surface area contributed by atoms with Crippen LogP contribution >= 0.6 is 0 Å². The van der Waals surface area contributed by atoms with Gasteiger partial charge in [0.25, 0.3) is 5.91 Å². The molecule has 0 spiro atoms. The van der Waals surface area contributed by atoms with E-state index in [1.807, 2.05) is 0 Å². The van der Waals surface area contributed by atoms with Crippen LogP contribution in [0.2, 0.25) is 0 Å². The molecule has 2 aromatic rings. The Morgan fingerprint density at radius 1 is 1.21 bits per heavy atom. The first-order valence-electron chi connectivity index (χ1n) is 11.3. The number of halogens is 4. The van der Waals surface area contributed by atoms with E-state index < -0.39 is 29.6 Å². The molecule has 180 valence electrons. The minimum Gasteiger partial charge on any atom is -0.393 e. The number of nitrogens with one attached hydrogen (secondary N) is 2. The first kappa shape index (κ1) is 23.7. The lowest BCUT2D eigenvalue weighted by Crippen LogP contribution is -2.40. The number of nitrogens with zero attached hydrogens (tertiary/aromatic N) is 1. The molecule has 2 atom stereocenters. The van der Waals surface area contributed by atoms with Crippen LogP contribution in [0.15, 0.2) is 22.7 Å². The molecule has 33 heavy (non-hydrogen) atoms. The van der Waals surface area contributed by atoms with Crippen molar-refractivity contribution < 1.29 is 32.0 Å². The van der Waals surface area contributed by atoms with Gasteiger partial charge < -0.3 is 20.3 Å². The van der Waals surface area contributed by atoms with Gasteiger partial charge in [0, 0.05) is 23.7 Å². The predicted molar refractivity (Wildman–Crippen MR) is 112 cm³/mol. The maximum atomic E-state index is 14.2. The highest BCUT2D eigenvalue weighted by Gasteiger charge is 2.35. The Morgan fingerprint density at radius 3 is 2.67 bits per heavy atom. The van der Waals surface area contributed by atoms with Gasteiger partial charge in [-0.05, 0) is 56.7 Å². The Hall–Kier alpha value is -2.46. The number of carbonyl (C=O) groups is 1. The zero-order valence-electron chi connectivity index (χ0n) is 18.1. The van der Waals surface area contributed by atoms with Crippen molar-refractivity contribution in [1.29, 1.82) is 0 Å². The van der Waals surface area contributed by atoms with Crippen molar-refractivity contribution in [3.63, 3.8) is 0 Å². The zero-order valence-corrected chi connectivity index (χ0v) is 18.1. The van der Waals surface area contributed by atoms with Gasteiger partial charge in [-0.25, -0.2) is 4.39 Å². The summed E-state index contributed by atoms with van der Waals surface area (Å²) in [5.41, 5.74) is -0.939. The Kier molecular flexibility index (Phi) is 7.04. The summed E-state index contributed by atoms with van der Waals surface area (Å²) in [6.07, 6.45) is 0.742. The lowest BCUT2D eigenvalue weighted by atomic mass is 9.93. The summed E-state index contributed by atoms with van der Waals surface area (Å²) in [6, 6.07) is 2.30. The number of hydrogen-bond donors (Lipinski definition) is 3. The van der Waals surface area contributed by atoms with Crippen molar-refractivity contribution in [1.82, 2.24) is 15.8 Å². The molecule has 1 heterocycles. The summed E-state index contributed by atoms with van der Waals surface area (Å²) in [4.78, 5) is 12.9. The fourth-order valence-electron chi connectivity index (χ4n) is 4.24. The van der Waals surface area contributed by atoms with E-state index in [1.165, 1.54) is 12.8 Å². The van der Waals surface area contributed by atoms with E-state index in [-0.39, 0.29) is 29.6 Å². The monoisotopic (exact) mass is 469 g/mol. The Balaban J connectivity index is 1.57. The maximum absolute atomic E-state index is 14.2. The van der Waals surface area contributed by atoms with Crippen molar-refractivity contribution >= 4 is 5.91 Å². The summed E-state index contributed by atoms with van der Waals surface area (Å²) in [5, 5.41) is 19.8. The van der Waals surface area contributed by atoms with Crippen molar-refractivity contribution in [2.75, 3.05) is 6.54 Å². The Labute approximate surface area is 188 Å². The Morgan fingerprint density at radius 2 is 2.00 bits per heavy atom. The third-order valence-corrected chi connectivity index (χ3v) is 6.25. The fraction of sp³-hybridized carbons (Fsp3) is 0.565. The number of aliphatic hydroxyl groups excluding tert-OH is 1. The molecule has 1 aromatic carbocycles. The van der Waals surface area contributed by atoms with Crippen LogP contribution in [0.3, 0.4) is 0 Å². The highest BCUT2D eigenvalue weighted by Crippen LogP contribution is 2.35. The van der Waals surface area contributed by atoms with E-state index in [1.54, 1.807) is 0 Å². The number of hydrogen-bond acceptors (Lipinski definition) is 5. The lowest BCUT2D eigenvalue weighted by molar-refractivity contribution is -0.139. The molecule has 2 saturated carbocycles. The van der Waals surface area contributed by atoms with E-state index >= 15 is 0 Å². The van der Waals surface area contributed by atoms with Crippen molar-refractivity contribution in [3.8, 4) is 11.3 Å². The minimum absolute atomic E-state index is 0.00397. The topological polar surface area (TPSA) is 87.4 Å². The summed E-state index contributed by atoms with van der Waals surface area (Å²) in [6.45, 7) is 0.900. The van der Waals surface area contributed by atoms with Crippen LogP contribution in [0, 0.1) is 11.7 Å². The number of alkyl halides is 3. The molecule has 0 aliphatic heterocycles. The first-order valence-corrected chi connectivity index (χ1v) is 11.3. The van der Waals surface area contributed by atoms with Crippen LogP contribution < -0.4 is 10.6 Å². The highest BCUT2D eigenvalue weighted by atomic mass is 19.4. The molecule has 0 unspecified atom stereocenters. The largest absolute Gasteiger partial charge is 0.419 e. The molecule has 4 rings (SSSR count). The SMILES string of the molecule is O=C(N[C@H]1CCC[C@@H](O)C1)c1noc(-c2ccc(C(F)(F)F)c(F)c2)c1CNCCC1CC1. The van der Waals surface area contributed by atoms with Gasteiger partial charge in [-0.3, -0.25) is 4.79 Å². The molecule has 0 radical (unpaired) electrons. The smallest absolute Gasteiger partial charge is 0.393 e. The van der Waals surface area contributed by atoms with Gasteiger partial charge in [-0.2, -0.15) is 13.2 Å². The molecule has 1 aromatic heterocycles. The van der Waals surface area contributed by atoms with Crippen LogP contribution in [-0.4, -0.2) is 34.9 Å². The van der Waals surface area contributed by atoms with Crippen LogP contribution in [0.4, 0.5) is 17.6 Å². The van der Waals surface area contributed by atoms with Gasteiger partial charge >= 0.3 is 6.18 Å². The van der Waals surface area contributed by atoms with E-state index in [2.05, 4.69) is 15.8 Å². The third kappa shape index (κ3) is 5.92. The third-order valence-electron chi connectivity index (χ3n) is 6.25. The molecule has 6 nitrogen and oxygen atoms in total. The van der Waals surface area contributed by atoms with Crippen molar-refractivity contribution in [2.24, 2.45) is 5.92 Å². The second kappa shape index (κ2) is 9.80. The molecule has 2 aliphatic carbocycles. The van der Waals surface area contributed by atoms with Crippen molar-refractivity contribution in [3.05, 3.63) is 40.8 Å². The molecule has 0 bridgehead atoms. The number of aromatic nitrogens is 1. The quantitative estimate of drug-likeness (QED) is 0.394. The van der Waals surface area contributed by atoms with Crippen molar-refractivity contribution in [2.45, 2.75) is 69.8 Å². The lowest BCUT2D eigenvalue weighted by Gasteiger charge is -2.26. The average Bonchev–Trinajstić information content (AvgIpc) is 3.47. The van der Waals surface area contributed by atoms with Crippen LogP contribution in [0.25, 0.3) is 11.3 Å². The molecule has 0 saturated heterocycles. The van der Waals surface area contributed by atoms with E-state index in [0.29, 0.717) is 36.9 Å².